The van der Waals surface area contributed by atoms with Gasteiger partial charge in [-0.1, -0.05) is 36.4 Å². The maximum absolute atomic E-state index is 12.5. The fourth-order valence-electron chi connectivity index (χ4n) is 3.15. The van der Waals surface area contributed by atoms with E-state index in [1.165, 1.54) is 13.2 Å². The Bertz CT molecular complexity index is 1170. The molecule has 0 bridgehead atoms. The fourth-order valence-corrected chi connectivity index (χ4v) is 3.15. The van der Waals surface area contributed by atoms with Gasteiger partial charge >= 0.3 is 5.97 Å². The number of nitrogens with one attached hydrogen (secondary N) is 1. The normalized spacial score (nSPS) is 12.0. The van der Waals surface area contributed by atoms with Crippen LogP contribution in [0.3, 0.4) is 0 Å². The molecule has 31 heavy (non-hydrogen) atoms. The Labute approximate surface area is 180 Å². The molecule has 0 unspecified atom stereocenters. The van der Waals surface area contributed by atoms with E-state index >= 15 is 0 Å². The van der Waals surface area contributed by atoms with E-state index in [1.807, 2.05) is 50.2 Å². The summed E-state index contributed by atoms with van der Waals surface area (Å²) in [5.74, 6) is 0.0589. The molecule has 0 aliphatic heterocycles. The molecule has 1 atom stereocenters. The number of aryl methyl sites for hydroxylation is 1. The van der Waals surface area contributed by atoms with Gasteiger partial charge < -0.3 is 14.5 Å². The first-order valence-corrected chi connectivity index (χ1v) is 9.69. The van der Waals surface area contributed by atoms with Crippen LogP contribution in [0.25, 0.3) is 17.4 Å². The van der Waals surface area contributed by atoms with Crippen LogP contribution < -0.4 is 5.32 Å². The number of ether oxygens (including phenoxy) is 1. The Morgan fingerprint density at radius 3 is 2.52 bits per heavy atom. The van der Waals surface area contributed by atoms with Crippen LogP contribution in [0.5, 0.6) is 0 Å². The zero-order chi connectivity index (χ0) is 22.4. The van der Waals surface area contributed by atoms with Crippen molar-refractivity contribution in [2.75, 3.05) is 7.11 Å². The van der Waals surface area contributed by atoms with Crippen molar-refractivity contribution < 1.29 is 18.7 Å². The molecule has 1 heterocycles. The maximum atomic E-state index is 12.5. The van der Waals surface area contributed by atoms with Gasteiger partial charge in [-0.2, -0.15) is 5.26 Å². The van der Waals surface area contributed by atoms with E-state index < -0.39 is 11.9 Å². The third kappa shape index (κ3) is 5.09. The number of benzene rings is 2. The number of methoxy groups -OCH3 is 1. The Morgan fingerprint density at radius 2 is 1.87 bits per heavy atom. The monoisotopic (exact) mass is 414 g/mol. The maximum Gasteiger partial charge on any atom is 0.337 e. The standard InChI is InChI=1S/C25H22N2O4/c1-16-13-19(25(29)30-3)9-11-22(16)23-12-10-21(31-23)14-20(15-26)24(28)27-17(2)18-7-5-4-6-8-18/h4-14,17H,1-3H3,(H,27,28)/b20-14-/t17-/m0/s1. The van der Waals surface area contributed by atoms with Gasteiger partial charge in [0.2, 0.25) is 0 Å². The number of carbonyl (C=O) groups excluding carboxylic acids is 2. The Kier molecular flexibility index (Phi) is 6.68. The largest absolute Gasteiger partial charge is 0.465 e. The number of hydrogen-bond donors (Lipinski definition) is 1. The van der Waals surface area contributed by atoms with Crippen molar-refractivity contribution >= 4 is 18.0 Å². The number of nitrogens with zero attached hydrogens (tertiary/aromatic N) is 1. The molecule has 6 nitrogen and oxygen atoms in total. The highest BCUT2D eigenvalue weighted by Gasteiger charge is 2.15. The van der Waals surface area contributed by atoms with Gasteiger partial charge in [-0.3, -0.25) is 4.79 Å². The second kappa shape index (κ2) is 9.59. The van der Waals surface area contributed by atoms with Crippen LogP contribution in [0.2, 0.25) is 0 Å². The first-order chi connectivity index (χ1) is 14.9. The zero-order valence-corrected chi connectivity index (χ0v) is 17.5. The van der Waals surface area contributed by atoms with Gasteiger partial charge in [-0.25, -0.2) is 4.79 Å². The molecule has 0 aliphatic rings. The lowest BCUT2D eigenvalue weighted by Crippen LogP contribution is -2.27. The summed E-state index contributed by atoms with van der Waals surface area (Å²) < 4.78 is 10.6. The molecule has 0 aliphatic carbocycles. The number of rotatable bonds is 6. The van der Waals surface area contributed by atoms with Crippen molar-refractivity contribution in [1.82, 2.24) is 5.32 Å². The lowest BCUT2D eigenvalue weighted by Gasteiger charge is -2.13. The van der Waals surface area contributed by atoms with E-state index in [2.05, 4.69) is 5.32 Å². The molecule has 2 aromatic carbocycles. The molecule has 3 aromatic rings. The number of furan rings is 1. The van der Waals surface area contributed by atoms with Crippen LogP contribution in [0.1, 0.15) is 40.2 Å². The molecule has 3 rings (SSSR count). The summed E-state index contributed by atoms with van der Waals surface area (Å²) in [4.78, 5) is 24.2. The van der Waals surface area contributed by atoms with E-state index in [9.17, 15) is 14.9 Å². The molecular weight excluding hydrogens is 392 g/mol. The number of carbonyl (C=O) groups is 2. The summed E-state index contributed by atoms with van der Waals surface area (Å²) in [6.45, 7) is 3.72. The van der Waals surface area contributed by atoms with Gasteiger partial charge in [0.25, 0.3) is 5.91 Å². The van der Waals surface area contributed by atoms with Gasteiger partial charge in [0.15, 0.2) is 0 Å². The summed E-state index contributed by atoms with van der Waals surface area (Å²) in [5, 5.41) is 12.3. The van der Waals surface area contributed by atoms with Gasteiger partial charge in [0.1, 0.15) is 23.2 Å². The van der Waals surface area contributed by atoms with Crippen molar-refractivity contribution in [2.24, 2.45) is 0 Å². The predicted octanol–water partition coefficient (Wildman–Crippen LogP) is 4.83. The average molecular weight is 414 g/mol. The number of amides is 1. The highest BCUT2D eigenvalue weighted by Crippen LogP contribution is 2.27. The van der Waals surface area contributed by atoms with Crippen molar-refractivity contribution in [3.63, 3.8) is 0 Å². The molecule has 156 valence electrons. The summed E-state index contributed by atoms with van der Waals surface area (Å²) in [7, 11) is 1.33. The molecule has 1 aromatic heterocycles. The van der Waals surface area contributed by atoms with E-state index in [4.69, 9.17) is 9.15 Å². The van der Waals surface area contributed by atoms with Crippen LogP contribution in [0.4, 0.5) is 0 Å². The number of esters is 1. The average Bonchev–Trinajstić information content (AvgIpc) is 3.25. The molecule has 0 saturated carbocycles. The molecule has 1 amide bonds. The van der Waals surface area contributed by atoms with E-state index in [0.29, 0.717) is 17.1 Å². The van der Waals surface area contributed by atoms with Gasteiger partial charge in [0.05, 0.1) is 18.7 Å². The summed E-state index contributed by atoms with van der Waals surface area (Å²) in [6.07, 6.45) is 1.41. The highest BCUT2D eigenvalue weighted by molar-refractivity contribution is 6.01. The van der Waals surface area contributed by atoms with Crippen LogP contribution >= 0.6 is 0 Å². The Hall–Kier alpha value is -4.11. The van der Waals surface area contributed by atoms with Gasteiger partial charge in [0, 0.05) is 11.6 Å². The highest BCUT2D eigenvalue weighted by atomic mass is 16.5. The van der Waals surface area contributed by atoms with E-state index in [-0.39, 0.29) is 11.6 Å². The lowest BCUT2D eigenvalue weighted by atomic mass is 10.0. The van der Waals surface area contributed by atoms with Crippen LogP contribution in [0.15, 0.2) is 70.7 Å². The summed E-state index contributed by atoms with van der Waals surface area (Å²) in [5.41, 5.74) is 2.97. The summed E-state index contributed by atoms with van der Waals surface area (Å²) in [6, 6.07) is 19.8. The zero-order valence-electron chi connectivity index (χ0n) is 17.5. The molecular formula is C25H22N2O4. The van der Waals surface area contributed by atoms with Crippen LogP contribution in [-0.4, -0.2) is 19.0 Å². The number of nitriles is 1. The quantitative estimate of drug-likeness (QED) is 0.354. The third-order valence-electron chi connectivity index (χ3n) is 4.84. The van der Waals surface area contributed by atoms with Crippen molar-refractivity contribution in [3.05, 3.63) is 88.7 Å². The second-order valence-electron chi connectivity index (χ2n) is 7.00. The van der Waals surface area contributed by atoms with E-state index in [1.54, 1.807) is 30.3 Å². The minimum absolute atomic E-state index is 0.0542. The third-order valence-corrected chi connectivity index (χ3v) is 4.84. The molecule has 0 radical (unpaired) electrons. The minimum Gasteiger partial charge on any atom is -0.465 e. The fraction of sp³-hybridized carbons (Fsp3) is 0.160. The molecule has 0 spiro atoms. The molecule has 0 fully saturated rings. The van der Waals surface area contributed by atoms with Crippen molar-refractivity contribution in [1.29, 1.82) is 5.26 Å². The van der Waals surface area contributed by atoms with Crippen molar-refractivity contribution in [2.45, 2.75) is 19.9 Å². The molecule has 1 N–H and O–H groups in total. The van der Waals surface area contributed by atoms with Gasteiger partial charge in [-0.05, 0) is 49.2 Å². The lowest BCUT2D eigenvalue weighted by molar-refractivity contribution is -0.117. The smallest absolute Gasteiger partial charge is 0.337 e. The number of hydrogen-bond acceptors (Lipinski definition) is 5. The van der Waals surface area contributed by atoms with Crippen LogP contribution in [-0.2, 0) is 9.53 Å². The summed E-state index contributed by atoms with van der Waals surface area (Å²) >= 11 is 0. The van der Waals surface area contributed by atoms with Gasteiger partial charge in [-0.15, -0.1) is 0 Å². The first kappa shape index (κ1) is 21.6. The van der Waals surface area contributed by atoms with Crippen LogP contribution in [0, 0.1) is 18.3 Å². The molecule has 6 heteroatoms. The topological polar surface area (TPSA) is 92.3 Å². The predicted molar refractivity (Wildman–Crippen MR) is 117 cm³/mol. The first-order valence-electron chi connectivity index (χ1n) is 9.69. The Morgan fingerprint density at radius 1 is 1.13 bits per heavy atom. The second-order valence-corrected chi connectivity index (χ2v) is 7.00. The van der Waals surface area contributed by atoms with Crippen molar-refractivity contribution in [3.8, 4) is 17.4 Å². The Balaban J connectivity index is 1.78. The van der Waals surface area contributed by atoms with E-state index in [0.717, 1.165) is 16.7 Å². The molecule has 0 saturated heterocycles. The SMILES string of the molecule is COC(=O)c1ccc(-c2ccc(/C=C(/C#N)C(=O)N[C@@H](C)c3ccccc3)o2)c(C)c1. The minimum atomic E-state index is -0.476.